The van der Waals surface area contributed by atoms with Crippen molar-refractivity contribution >= 4 is 17.9 Å². The fourth-order valence-corrected chi connectivity index (χ4v) is 11.5. The Morgan fingerprint density at radius 3 is 2.05 bits per heavy atom. The van der Waals surface area contributed by atoms with Crippen molar-refractivity contribution in [2.45, 2.75) is 139 Å². The van der Waals surface area contributed by atoms with Crippen LogP contribution in [0.3, 0.4) is 0 Å². The molecule has 0 heterocycles. The van der Waals surface area contributed by atoms with Gasteiger partial charge in [-0.3, -0.25) is 14.4 Å². The molecule has 42 heavy (non-hydrogen) atoms. The molecule has 0 amide bonds. The number of fused-ring (bicyclic) bond motifs is 5. The van der Waals surface area contributed by atoms with Gasteiger partial charge in [0.1, 0.15) is 18.8 Å². The zero-order valence-electron chi connectivity index (χ0n) is 27.8. The molecular formula is C36H56O6. The topological polar surface area (TPSA) is 78.9 Å². The largest absolute Gasteiger partial charge is 0.465 e. The zero-order valence-corrected chi connectivity index (χ0v) is 27.8. The highest BCUT2D eigenvalue weighted by Gasteiger charge is 2.63. The van der Waals surface area contributed by atoms with Crippen molar-refractivity contribution in [3.05, 3.63) is 11.6 Å². The average Bonchev–Trinajstić information content (AvgIpc) is 3.01. The molecule has 10 unspecified atom stereocenters. The molecule has 0 radical (unpaired) electrons. The molecule has 5 aliphatic rings. The second-order valence-electron chi connectivity index (χ2n) is 16.7. The Balaban J connectivity index is 1.46. The van der Waals surface area contributed by atoms with E-state index in [0.717, 1.165) is 44.9 Å². The zero-order chi connectivity index (χ0) is 30.9. The number of carbonyl (C=O) groups excluding carboxylic acids is 3. The smallest absolute Gasteiger partial charge is 0.302 e. The highest BCUT2D eigenvalue weighted by Crippen LogP contribution is 2.69. The second-order valence-corrected chi connectivity index (χ2v) is 16.7. The number of ether oxygens (including phenoxy) is 3. The first-order valence-corrected chi connectivity index (χ1v) is 16.6. The van der Waals surface area contributed by atoms with Crippen molar-refractivity contribution in [2.24, 2.45) is 50.7 Å². The lowest BCUT2D eigenvalue weighted by Gasteiger charge is -2.62. The number of hydrogen-bond acceptors (Lipinski definition) is 6. The minimum Gasteiger partial charge on any atom is -0.465 e. The van der Waals surface area contributed by atoms with Gasteiger partial charge in [0.25, 0.3) is 0 Å². The van der Waals surface area contributed by atoms with Crippen LogP contribution < -0.4 is 0 Å². The Hall–Kier alpha value is -1.85. The summed E-state index contributed by atoms with van der Waals surface area (Å²) < 4.78 is 17.6. The predicted octanol–water partition coefficient (Wildman–Crippen LogP) is 7.82. The van der Waals surface area contributed by atoms with Gasteiger partial charge in [-0.2, -0.15) is 0 Å². The van der Waals surface area contributed by atoms with E-state index in [1.807, 2.05) is 0 Å². The first-order chi connectivity index (χ1) is 19.4. The second kappa shape index (κ2) is 10.6. The molecule has 0 aromatic carbocycles. The predicted molar refractivity (Wildman–Crippen MR) is 162 cm³/mol. The minimum atomic E-state index is -0.416. The molecule has 6 heteroatoms. The Bertz CT molecular complexity index is 1140. The number of hydrogen-bond donors (Lipinski definition) is 0. The SMILES string of the molecule is CC(=O)OCC1(C)C(OC(C)=O)CCC2(C)CC3CCC4C(=CCC5C(C)(C)C(OC(C)=O)CCC45C)CC3(C)CC21. The molecule has 0 aromatic heterocycles. The minimum absolute atomic E-state index is 0.0166. The molecule has 5 aliphatic carbocycles. The molecule has 0 aliphatic heterocycles. The van der Waals surface area contributed by atoms with E-state index in [1.165, 1.54) is 33.1 Å². The summed E-state index contributed by atoms with van der Waals surface area (Å²) in [6, 6.07) is 0. The molecule has 0 N–H and O–H groups in total. The van der Waals surface area contributed by atoms with Crippen LogP contribution in [-0.4, -0.2) is 36.7 Å². The summed E-state index contributed by atoms with van der Waals surface area (Å²) in [5.74, 6) is 1.29. The summed E-state index contributed by atoms with van der Waals surface area (Å²) in [5, 5.41) is 0. The molecule has 0 aromatic rings. The van der Waals surface area contributed by atoms with Gasteiger partial charge in [0.15, 0.2) is 0 Å². The average molecular weight is 585 g/mol. The van der Waals surface area contributed by atoms with Crippen LogP contribution in [0.5, 0.6) is 0 Å². The maximum atomic E-state index is 12.2. The lowest BCUT2D eigenvalue weighted by atomic mass is 9.43. The van der Waals surface area contributed by atoms with E-state index in [2.05, 4.69) is 47.6 Å². The van der Waals surface area contributed by atoms with Gasteiger partial charge < -0.3 is 14.2 Å². The number of carbonyl (C=O) groups is 3. The van der Waals surface area contributed by atoms with E-state index < -0.39 is 5.41 Å². The Labute approximate surface area is 254 Å². The van der Waals surface area contributed by atoms with Gasteiger partial charge in [-0.25, -0.2) is 0 Å². The lowest BCUT2D eigenvalue weighted by molar-refractivity contribution is -0.201. The number of esters is 3. The van der Waals surface area contributed by atoms with Crippen LogP contribution in [0, 0.1) is 50.7 Å². The quantitative estimate of drug-likeness (QED) is 0.190. The summed E-state index contributed by atoms with van der Waals surface area (Å²) in [7, 11) is 0. The summed E-state index contributed by atoms with van der Waals surface area (Å²) in [5.41, 5.74) is 1.65. The van der Waals surface area contributed by atoms with Gasteiger partial charge in [-0.05, 0) is 104 Å². The van der Waals surface area contributed by atoms with Crippen molar-refractivity contribution in [2.75, 3.05) is 6.61 Å². The Morgan fingerprint density at radius 1 is 0.762 bits per heavy atom. The fraction of sp³-hybridized carbons (Fsp3) is 0.861. The first kappa shape index (κ1) is 31.6. The third-order valence-corrected chi connectivity index (χ3v) is 13.7. The van der Waals surface area contributed by atoms with Crippen molar-refractivity contribution in [1.29, 1.82) is 0 Å². The summed E-state index contributed by atoms with van der Waals surface area (Å²) >= 11 is 0. The normalized spacial score (nSPS) is 45.9. The molecular weight excluding hydrogens is 528 g/mol. The molecule has 4 saturated carbocycles. The standard InChI is InChI=1S/C36H56O6/c1-22(37)40-21-36(9)29-20-34(7)18-25-10-13-28-32(4,5)30(41-23(2)38)15-17-35(28,8)27(25)12-11-26(34)19-33(29,6)16-14-31(36)42-24(3)39/h10,26-31H,11-21H2,1-9H3. The third-order valence-electron chi connectivity index (χ3n) is 13.7. The van der Waals surface area contributed by atoms with Crippen LogP contribution in [0.2, 0.25) is 0 Å². The molecule has 0 saturated heterocycles. The van der Waals surface area contributed by atoms with E-state index in [0.29, 0.717) is 30.3 Å². The van der Waals surface area contributed by atoms with Crippen molar-refractivity contribution in [3.8, 4) is 0 Å². The molecule has 236 valence electrons. The highest BCUT2D eigenvalue weighted by molar-refractivity contribution is 5.67. The lowest BCUT2D eigenvalue weighted by Crippen LogP contribution is -2.59. The van der Waals surface area contributed by atoms with Crippen molar-refractivity contribution in [1.82, 2.24) is 0 Å². The molecule has 6 nitrogen and oxygen atoms in total. The van der Waals surface area contributed by atoms with E-state index in [4.69, 9.17) is 14.2 Å². The van der Waals surface area contributed by atoms with Gasteiger partial charge >= 0.3 is 17.9 Å². The van der Waals surface area contributed by atoms with Crippen molar-refractivity contribution < 1.29 is 28.6 Å². The maximum absolute atomic E-state index is 12.2. The molecule has 0 spiro atoms. The van der Waals surface area contributed by atoms with Crippen LogP contribution in [-0.2, 0) is 28.6 Å². The van der Waals surface area contributed by atoms with Crippen molar-refractivity contribution in [3.63, 3.8) is 0 Å². The fourth-order valence-electron chi connectivity index (χ4n) is 11.5. The Morgan fingerprint density at radius 2 is 1.40 bits per heavy atom. The summed E-state index contributed by atoms with van der Waals surface area (Å²) in [4.78, 5) is 36.1. The highest BCUT2D eigenvalue weighted by atomic mass is 16.6. The van der Waals surface area contributed by atoms with E-state index in [1.54, 1.807) is 12.5 Å². The third kappa shape index (κ3) is 5.15. The van der Waals surface area contributed by atoms with Crippen LogP contribution >= 0.6 is 0 Å². The monoisotopic (exact) mass is 584 g/mol. The van der Waals surface area contributed by atoms with Gasteiger partial charge in [0, 0.05) is 31.6 Å². The maximum Gasteiger partial charge on any atom is 0.302 e. The van der Waals surface area contributed by atoms with E-state index in [-0.39, 0.29) is 51.8 Å². The van der Waals surface area contributed by atoms with E-state index in [9.17, 15) is 14.4 Å². The molecule has 0 bridgehead atoms. The van der Waals surface area contributed by atoms with Crippen LogP contribution in [0.25, 0.3) is 0 Å². The Kier molecular flexibility index (Phi) is 8.00. The van der Waals surface area contributed by atoms with Gasteiger partial charge in [-0.15, -0.1) is 0 Å². The first-order valence-electron chi connectivity index (χ1n) is 16.6. The van der Waals surface area contributed by atoms with Crippen LogP contribution in [0.4, 0.5) is 0 Å². The summed E-state index contributed by atoms with van der Waals surface area (Å²) in [6.07, 6.45) is 13.1. The van der Waals surface area contributed by atoms with E-state index >= 15 is 0 Å². The van der Waals surface area contributed by atoms with Gasteiger partial charge in [-0.1, -0.05) is 53.2 Å². The van der Waals surface area contributed by atoms with Gasteiger partial charge in [0.2, 0.25) is 0 Å². The molecule has 10 atom stereocenters. The molecule has 4 fully saturated rings. The van der Waals surface area contributed by atoms with Gasteiger partial charge in [0.05, 0.1) is 0 Å². The number of allylic oxidation sites excluding steroid dienone is 2. The van der Waals surface area contributed by atoms with Crippen LogP contribution in [0.1, 0.15) is 127 Å². The van der Waals surface area contributed by atoms with Crippen LogP contribution in [0.15, 0.2) is 11.6 Å². The molecule has 5 rings (SSSR count). The summed E-state index contributed by atoms with van der Waals surface area (Å²) in [6.45, 7) is 19.2. The number of rotatable bonds is 4.